The molecule has 0 spiro atoms. The van der Waals surface area contributed by atoms with Crippen LogP contribution in [0.25, 0.3) is 22.3 Å². The van der Waals surface area contributed by atoms with E-state index in [0.717, 1.165) is 99.3 Å². The first kappa shape index (κ1) is 116. The van der Waals surface area contributed by atoms with Crippen LogP contribution in [-0.4, -0.2) is 263 Å². The minimum absolute atomic E-state index is 0.0521. The van der Waals surface area contributed by atoms with Crippen molar-refractivity contribution in [2.75, 3.05) is 152 Å². The first-order chi connectivity index (χ1) is 68.7. The highest BCUT2D eigenvalue weighted by Gasteiger charge is 2.59. The fourth-order valence-electron chi connectivity index (χ4n) is 23.6. The number of fused-ring (bicyclic) bond motifs is 2. The number of hydrogen-bond acceptors (Lipinski definition) is 25. The van der Waals surface area contributed by atoms with E-state index < -0.39 is 60.6 Å². The molecule has 30 nitrogen and oxygen atoms in total. The van der Waals surface area contributed by atoms with Gasteiger partial charge in [0.2, 0.25) is 17.7 Å². The van der Waals surface area contributed by atoms with Crippen LogP contribution in [0.4, 0.5) is 17.1 Å². The number of methoxy groups -OCH3 is 3. The molecule has 1 unspecified atom stereocenters. The quantitative estimate of drug-likeness (QED) is 0.0158. The summed E-state index contributed by atoms with van der Waals surface area (Å²) in [6.45, 7) is 43.4. The largest absolute Gasteiger partial charge is 0.496 e. The molecule has 2 bridgehead atoms. The summed E-state index contributed by atoms with van der Waals surface area (Å²) in [6.07, 6.45) is 3.04. The molecule has 804 valence electrons. The van der Waals surface area contributed by atoms with Gasteiger partial charge in [0.15, 0.2) is 0 Å². The zero-order valence-corrected chi connectivity index (χ0v) is 92.5. The van der Waals surface area contributed by atoms with Crippen molar-refractivity contribution in [1.29, 1.82) is 0 Å². The molecule has 145 heavy (non-hydrogen) atoms. The Hall–Kier alpha value is -9.09. The first-order valence-corrected chi connectivity index (χ1v) is 53.2. The number of amides is 5. The molecule has 3 saturated heterocycles. The smallest absolute Gasteiger partial charge is 0.251 e. The lowest BCUT2D eigenvalue weighted by Crippen LogP contribution is -2.62. The van der Waals surface area contributed by atoms with Crippen molar-refractivity contribution < 1.29 is 73.1 Å². The predicted molar refractivity (Wildman–Crippen MR) is 578 cm³/mol. The second-order valence-corrected chi connectivity index (χ2v) is 45.5. The third-order valence-electron chi connectivity index (χ3n) is 33.7. The van der Waals surface area contributed by atoms with E-state index >= 15 is 0 Å². The predicted octanol–water partition coefficient (Wildman–Crippen LogP) is 13.6. The van der Waals surface area contributed by atoms with Gasteiger partial charge in [0, 0.05) is 169 Å². The Morgan fingerprint density at radius 3 is 1.34 bits per heavy atom. The summed E-state index contributed by atoms with van der Waals surface area (Å²) in [5, 5.41) is 77.5. The highest BCUT2D eigenvalue weighted by molar-refractivity contribution is 5.97. The topological polar surface area (TPSA) is 349 Å². The van der Waals surface area contributed by atoms with E-state index in [1.165, 1.54) is 32.1 Å². The molecule has 30 heteroatoms. The number of carbonyl (C=O) groups excluding carboxylic acids is 5. The van der Waals surface area contributed by atoms with Gasteiger partial charge in [-0.15, -0.1) is 0 Å². The van der Waals surface area contributed by atoms with Crippen LogP contribution in [0.2, 0.25) is 0 Å². The number of para-hydroxylation sites is 3. The van der Waals surface area contributed by atoms with Crippen molar-refractivity contribution >= 4 is 46.6 Å². The number of anilines is 3. The first-order valence-electron chi connectivity index (χ1n) is 53.2. The molecule has 3 heterocycles. The van der Waals surface area contributed by atoms with Gasteiger partial charge in [0.05, 0.1) is 77.6 Å². The third-order valence-corrected chi connectivity index (χ3v) is 33.7. The Bertz CT molecular complexity index is 5220. The molecular formula is C115H179N15O15. The second kappa shape index (κ2) is 51.4. The number of aliphatic hydroxyl groups is 4. The lowest BCUT2D eigenvalue weighted by Gasteiger charge is -2.62. The molecule has 9 fully saturated rings. The van der Waals surface area contributed by atoms with Crippen molar-refractivity contribution in [2.24, 2.45) is 99.1 Å². The normalized spacial score (nSPS) is 26.6. The van der Waals surface area contributed by atoms with Gasteiger partial charge in [0.25, 0.3) is 11.8 Å². The van der Waals surface area contributed by atoms with Gasteiger partial charge in [-0.2, -0.15) is 15.2 Å². The Balaban J connectivity index is 0.000000196. The van der Waals surface area contributed by atoms with Crippen molar-refractivity contribution in [3.05, 3.63) is 155 Å². The number of nitrogens with zero attached hydrogens (tertiary/aromatic N) is 6. The van der Waals surface area contributed by atoms with E-state index in [1.807, 2.05) is 173 Å². The van der Waals surface area contributed by atoms with Crippen molar-refractivity contribution in [3.63, 3.8) is 0 Å². The molecule has 6 aliphatic carbocycles. The highest BCUT2D eigenvalue weighted by atomic mass is 16.7. The van der Waals surface area contributed by atoms with Gasteiger partial charge in [-0.05, 0) is 245 Å². The Kier molecular flexibility index (Phi) is 41.2. The molecule has 0 radical (unpaired) electrons. The van der Waals surface area contributed by atoms with Crippen LogP contribution in [-0.2, 0) is 48.5 Å². The summed E-state index contributed by atoms with van der Waals surface area (Å²) in [7, 11) is 21.6. The average molecular weight is 2010 g/mol. The van der Waals surface area contributed by atoms with Crippen LogP contribution in [0.3, 0.4) is 0 Å². The number of ether oxygens (including phenoxy) is 3. The monoisotopic (exact) mass is 2010 g/mol. The lowest BCUT2D eigenvalue weighted by molar-refractivity contribution is -0.177. The number of aliphatic hydroxyl groups excluding tert-OH is 4. The molecule has 23 atom stereocenters. The molecule has 15 rings (SSSR count). The van der Waals surface area contributed by atoms with Crippen LogP contribution in [0, 0.1) is 99.1 Å². The number of benzene rings is 6. The molecule has 6 aromatic rings. The Morgan fingerprint density at radius 2 is 0.910 bits per heavy atom. The van der Waals surface area contributed by atoms with Gasteiger partial charge >= 0.3 is 0 Å². The Labute approximate surface area is 866 Å². The van der Waals surface area contributed by atoms with Crippen LogP contribution in [0.15, 0.2) is 121 Å². The maximum atomic E-state index is 14.3. The average Bonchev–Trinajstić information content (AvgIpc) is 1.03. The van der Waals surface area contributed by atoms with E-state index in [-0.39, 0.29) is 72.2 Å². The molecule has 13 N–H and O–H groups in total. The van der Waals surface area contributed by atoms with Gasteiger partial charge in [-0.1, -0.05) is 158 Å². The maximum Gasteiger partial charge on any atom is 0.251 e. The molecule has 5 amide bonds. The zero-order valence-electron chi connectivity index (χ0n) is 92.5. The van der Waals surface area contributed by atoms with Crippen molar-refractivity contribution in [1.82, 2.24) is 63.0 Å². The van der Waals surface area contributed by atoms with E-state index in [1.54, 1.807) is 84.5 Å². The summed E-state index contributed by atoms with van der Waals surface area (Å²) in [5.41, 5.74) is 11.8. The Morgan fingerprint density at radius 1 is 0.469 bits per heavy atom. The molecule has 9 aliphatic rings. The number of nitrogens with one attached hydrogen (secondary N) is 9. The lowest BCUT2D eigenvalue weighted by atomic mass is 9.45. The molecule has 6 saturated carbocycles. The summed E-state index contributed by atoms with van der Waals surface area (Å²) in [5.74, 6) is 6.39. The van der Waals surface area contributed by atoms with Gasteiger partial charge in [-0.25, -0.2) is 0 Å². The number of hydroxylamine groups is 6. The minimum atomic E-state index is -0.828. The number of carbonyl (C=O) groups is 5. The third kappa shape index (κ3) is 27.8. The summed E-state index contributed by atoms with van der Waals surface area (Å²) >= 11 is 0. The summed E-state index contributed by atoms with van der Waals surface area (Å²) < 4.78 is 17.7. The molecule has 6 aromatic carbocycles. The van der Waals surface area contributed by atoms with Crippen LogP contribution >= 0.6 is 0 Å². The van der Waals surface area contributed by atoms with Gasteiger partial charge in [0.1, 0.15) is 41.6 Å². The van der Waals surface area contributed by atoms with Crippen molar-refractivity contribution in [3.8, 4) is 39.5 Å². The zero-order chi connectivity index (χ0) is 106. The van der Waals surface area contributed by atoms with Crippen molar-refractivity contribution in [2.45, 2.75) is 243 Å². The number of likely N-dealkylation sites (N-methyl/N-ethyl adjacent to an activating group) is 1. The van der Waals surface area contributed by atoms with E-state index in [0.29, 0.717) is 132 Å². The van der Waals surface area contributed by atoms with E-state index in [9.17, 15) is 44.4 Å². The SMILES string of the molecule is CCNC[C@@H]1ON(Cc2cccc(-c3cc(C(=O)NC)cc(N(C)C)c3)c2OC)[C@H](C(=O)N[C@H]2C[C@H]3C[C@@H]([C@@H]2C)C3(C)C)[C@@H]1[C@H](C)O.CNC(=O)c1cccc(N(C)C)c1.CNC(O)c1cc(-c2cccc(CN3O[C@@H](CNCC(C)C)[C@@H]([C@H](C)O)[C@H]3C(=O)NC[C@@H](C)[C@@H]3C[C@H](C)C3(C)C)c2OC)cc(N(C)C)c1.COc1ccccc1CN1O[C@@H](CNCC2CC2)[C@@H]([C@H](C)O)[C@H]1C(=O)NC[C@@H](C)[C@@H]1C[C@H](C)C1(C)C. The standard InChI is InChI=1S/C39H63N5O5.C37H55N5O5.C29H47N3O4.C10H14N2O/c1-23(2)19-41-21-33-34(26(5)45)35(38(47)42-20-24(3)32-15-25(4)39(32,6)7)44(49-33)22-27-13-12-14-31(36(27)48-11)28-16-29(37(46)40-8)18-30(17-28)43(9)10;1-10-39-19-31-32(22(3)43)33(36(45)40-30-18-26-17-29(21(30)2)37(26,4)5)42(47-31)20-23-12-11-13-28(34(23)46-9)24-14-25(35(44)38-6)16-27(15-24)41(7)8;1-18(23-13-19(2)29(23,4)5)14-31-28(34)27-26(20(3)33)25(16-30-15-21-11-12-21)36-32(27)17-22-9-7-8-10-24(22)35-6;1-11-10(13)8-5-4-6-9(7-8)12(2)3/h12-14,16-18,23-26,32-35,37,40-41,45-46H,15,19-22H2,1-11H3,(H,42,47);11-16,21-22,26,29-33,39,43H,10,17-20H2,1-9H3,(H,38,44)(H,40,45);7-10,18-21,23,25-27,30,33H,11-17H2,1-6H3,(H,31,34);4-7H,1-3H3,(H,11,13)/t24-,25+,26+,32+,33+,34-,35+,37?;21-,22-,26+,29-,30-,31-,32+,33-;18-,19+,20+,23+,25+,26-,27+;/m101./s1. The number of rotatable bonds is 42. The van der Waals surface area contributed by atoms with Gasteiger partial charge < -0.3 is 91.9 Å². The summed E-state index contributed by atoms with van der Waals surface area (Å²) in [4.78, 5) is 91.6. The number of hydrogen-bond donors (Lipinski definition) is 13. The van der Waals surface area contributed by atoms with Crippen LogP contribution in [0.1, 0.15) is 205 Å². The molecule has 3 aliphatic heterocycles. The second-order valence-electron chi connectivity index (χ2n) is 45.5. The van der Waals surface area contributed by atoms with E-state index in [2.05, 4.69) is 144 Å². The van der Waals surface area contributed by atoms with E-state index in [4.69, 9.17) is 28.7 Å². The van der Waals surface area contributed by atoms with Crippen LogP contribution in [0.5, 0.6) is 17.2 Å². The summed E-state index contributed by atoms with van der Waals surface area (Å²) in [6, 6.07) is 37.1. The molecule has 0 aromatic heterocycles. The minimum Gasteiger partial charge on any atom is -0.496 e. The molecular weight excluding hydrogens is 1830 g/mol. The van der Waals surface area contributed by atoms with Crippen LogP contribution < -0.4 is 76.8 Å². The fraction of sp³-hybridized carbons (Fsp3) is 0.643. The van der Waals surface area contributed by atoms with Gasteiger partial charge in [-0.3, -0.25) is 43.8 Å². The maximum absolute atomic E-state index is 14.3. The highest BCUT2D eigenvalue weighted by Crippen LogP contribution is 2.62. The fourth-order valence-corrected chi connectivity index (χ4v) is 23.6.